The van der Waals surface area contributed by atoms with Gasteiger partial charge in [-0.1, -0.05) is 28.1 Å². The van der Waals surface area contributed by atoms with E-state index < -0.39 is 17.4 Å². The maximum atomic E-state index is 12.3. The Morgan fingerprint density at radius 1 is 1.39 bits per heavy atom. The van der Waals surface area contributed by atoms with E-state index in [1.54, 1.807) is 12.1 Å². The number of nitrogens with one attached hydrogen (secondary N) is 1. The molecule has 18 heavy (non-hydrogen) atoms. The monoisotopic (exact) mass is 321 g/mol. The van der Waals surface area contributed by atoms with Crippen molar-refractivity contribution in [2.45, 2.75) is 23.8 Å². The lowest BCUT2D eigenvalue weighted by atomic mass is 9.96. The predicted octanol–water partition coefficient (Wildman–Crippen LogP) is 3.36. The summed E-state index contributed by atoms with van der Waals surface area (Å²) < 4.78 is 36.9. The van der Waals surface area contributed by atoms with Gasteiger partial charge in [-0.15, -0.1) is 0 Å². The van der Waals surface area contributed by atoms with Crippen LogP contribution in [-0.4, -0.2) is 18.6 Å². The van der Waals surface area contributed by atoms with E-state index in [9.17, 15) is 18.0 Å². The second-order valence-corrected chi connectivity index (χ2v) is 5.31. The summed E-state index contributed by atoms with van der Waals surface area (Å²) in [4.78, 5) is 10.8. The Bertz CT molecular complexity index is 473. The zero-order chi connectivity index (χ0) is 13.3. The van der Waals surface area contributed by atoms with Crippen molar-refractivity contribution in [1.82, 2.24) is 5.32 Å². The van der Waals surface area contributed by atoms with Crippen LogP contribution in [0.2, 0.25) is 0 Å². The van der Waals surface area contributed by atoms with Crippen LogP contribution in [0, 0.1) is 0 Å². The molecule has 0 saturated heterocycles. The summed E-state index contributed by atoms with van der Waals surface area (Å²) in [5, 5.41) is 2.68. The van der Waals surface area contributed by atoms with Gasteiger partial charge in [-0.25, -0.2) is 0 Å². The zero-order valence-electron chi connectivity index (χ0n) is 9.35. The molecule has 1 aliphatic heterocycles. The van der Waals surface area contributed by atoms with E-state index in [0.717, 1.165) is 5.56 Å². The van der Waals surface area contributed by atoms with E-state index in [0.29, 0.717) is 24.1 Å². The third kappa shape index (κ3) is 3.04. The molecule has 1 N–H and O–H groups in total. The Labute approximate surface area is 111 Å². The first-order chi connectivity index (χ1) is 8.37. The fourth-order valence-corrected chi connectivity index (χ4v) is 2.60. The molecule has 2 rings (SSSR count). The molecule has 0 fully saturated rings. The molecule has 1 atom stereocenters. The summed E-state index contributed by atoms with van der Waals surface area (Å²) >= 11 is 3.02. The van der Waals surface area contributed by atoms with Crippen molar-refractivity contribution >= 4 is 21.8 Å². The Morgan fingerprint density at radius 2 is 2.11 bits per heavy atom. The molecule has 0 spiro atoms. The van der Waals surface area contributed by atoms with Gasteiger partial charge in [0.2, 0.25) is 0 Å². The smallest absolute Gasteiger partial charge is 0.352 e. The number of hydrogen-bond acceptors (Lipinski definition) is 1. The molecule has 0 radical (unpaired) electrons. The van der Waals surface area contributed by atoms with Crippen LogP contribution < -0.4 is 5.32 Å². The molecule has 0 aromatic heterocycles. The Balaban J connectivity index is 2.25. The Hall–Kier alpha value is -1.04. The number of halogens is 4. The molecule has 1 amide bonds. The number of carbonyl (C=O) groups excluding carboxylic acids is 1. The van der Waals surface area contributed by atoms with Crippen molar-refractivity contribution in [2.75, 3.05) is 6.54 Å². The van der Waals surface area contributed by atoms with Crippen molar-refractivity contribution in [3.63, 3.8) is 0 Å². The quantitative estimate of drug-likeness (QED) is 0.831. The highest BCUT2D eigenvalue weighted by Gasteiger charge is 2.32. The number of amides is 1. The van der Waals surface area contributed by atoms with E-state index in [4.69, 9.17) is 0 Å². The normalized spacial score (nSPS) is 17.0. The lowest BCUT2D eigenvalue weighted by molar-refractivity contribution is -0.134. The van der Waals surface area contributed by atoms with E-state index in [1.807, 2.05) is 0 Å². The summed E-state index contributed by atoms with van der Waals surface area (Å²) in [5.74, 6) is -0.218. The lowest BCUT2D eigenvalue weighted by Crippen LogP contribution is -2.31. The van der Waals surface area contributed by atoms with Gasteiger partial charge in [-0.05, 0) is 23.6 Å². The predicted molar refractivity (Wildman–Crippen MR) is 64.8 cm³/mol. The first-order valence-electron chi connectivity index (χ1n) is 5.48. The molecule has 1 aromatic carbocycles. The number of benzene rings is 1. The van der Waals surface area contributed by atoms with Gasteiger partial charge >= 0.3 is 6.18 Å². The summed E-state index contributed by atoms with van der Waals surface area (Å²) in [7, 11) is 0. The van der Waals surface area contributed by atoms with Gasteiger partial charge in [0.15, 0.2) is 0 Å². The second kappa shape index (κ2) is 4.91. The van der Waals surface area contributed by atoms with Gasteiger partial charge in [-0.2, -0.15) is 13.2 Å². The molecular formula is C12H11BrF3NO. The van der Waals surface area contributed by atoms with Crippen LogP contribution in [0.25, 0.3) is 0 Å². The molecule has 1 aromatic rings. The van der Waals surface area contributed by atoms with Gasteiger partial charge in [0.05, 0.1) is 6.42 Å². The number of hydrogen-bond donors (Lipinski definition) is 1. The van der Waals surface area contributed by atoms with E-state index >= 15 is 0 Å². The molecule has 1 aliphatic rings. The van der Waals surface area contributed by atoms with Crippen molar-refractivity contribution in [1.29, 1.82) is 0 Å². The zero-order valence-corrected chi connectivity index (χ0v) is 10.9. The van der Waals surface area contributed by atoms with Crippen LogP contribution in [0.5, 0.6) is 0 Å². The van der Waals surface area contributed by atoms with Crippen LogP contribution in [-0.2, 0) is 6.42 Å². The van der Waals surface area contributed by atoms with Crippen LogP contribution >= 0.6 is 15.9 Å². The summed E-state index contributed by atoms with van der Waals surface area (Å²) in [5.41, 5.74) is 1.84. The van der Waals surface area contributed by atoms with Gasteiger partial charge < -0.3 is 5.32 Å². The van der Waals surface area contributed by atoms with E-state index in [-0.39, 0.29) is 5.91 Å². The summed E-state index contributed by atoms with van der Waals surface area (Å²) in [6.45, 7) is 0.575. The van der Waals surface area contributed by atoms with Crippen molar-refractivity contribution in [3.8, 4) is 0 Å². The van der Waals surface area contributed by atoms with Crippen molar-refractivity contribution in [3.05, 3.63) is 34.9 Å². The molecule has 0 aliphatic carbocycles. The molecule has 1 heterocycles. The molecule has 2 nitrogen and oxygen atoms in total. The molecule has 6 heteroatoms. The second-order valence-electron chi connectivity index (χ2n) is 4.21. The third-order valence-electron chi connectivity index (χ3n) is 2.83. The lowest BCUT2D eigenvalue weighted by Gasteiger charge is -2.19. The minimum Gasteiger partial charge on any atom is -0.352 e. The Kier molecular flexibility index (Phi) is 3.66. The maximum Gasteiger partial charge on any atom is 0.390 e. The fraction of sp³-hybridized carbons (Fsp3) is 0.417. The number of fused-ring (bicyclic) bond motifs is 1. The standard InChI is InChI=1S/C12H11BrF3NO/c13-10(6-12(14,15)16)8-2-1-7-3-4-17-11(18)9(7)5-8/h1-2,5,10H,3-4,6H2,(H,17,18). The minimum absolute atomic E-state index is 0.218. The summed E-state index contributed by atoms with van der Waals surface area (Å²) in [6, 6.07) is 4.91. The van der Waals surface area contributed by atoms with Gasteiger partial charge in [0, 0.05) is 16.9 Å². The molecule has 0 saturated carbocycles. The minimum atomic E-state index is -4.23. The van der Waals surface area contributed by atoms with Crippen LogP contribution in [0.3, 0.4) is 0 Å². The van der Waals surface area contributed by atoms with E-state index in [1.165, 1.54) is 6.07 Å². The van der Waals surface area contributed by atoms with Crippen LogP contribution in [0.15, 0.2) is 18.2 Å². The van der Waals surface area contributed by atoms with Crippen LogP contribution in [0.1, 0.15) is 32.7 Å². The maximum absolute atomic E-state index is 12.3. The fourth-order valence-electron chi connectivity index (χ4n) is 1.95. The SMILES string of the molecule is O=C1NCCc2ccc(C(Br)CC(F)(F)F)cc21. The molecule has 0 bridgehead atoms. The van der Waals surface area contributed by atoms with Crippen molar-refractivity contribution < 1.29 is 18.0 Å². The molecule has 1 unspecified atom stereocenters. The number of alkyl halides is 4. The molecular weight excluding hydrogens is 311 g/mol. The highest BCUT2D eigenvalue weighted by Crippen LogP contribution is 2.36. The van der Waals surface area contributed by atoms with E-state index in [2.05, 4.69) is 21.2 Å². The number of carbonyl (C=O) groups is 1. The first-order valence-corrected chi connectivity index (χ1v) is 6.40. The van der Waals surface area contributed by atoms with Gasteiger partial charge in [0.1, 0.15) is 0 Å². The average Bonchev–Trinajstić information content (AvgIpc) is 2.27. The topological polar surface area (TPSA) is 29.1 Å². The Morgan fingerprint density at radius 3 is 2.78 bits per heavy atom. The first kappa shape index (κ1) is 13.4. The van der Waals surface area contributed by atoms with Crippen LogP contribution in [0.4, 0.5) is 13.2 Å². The largest absolute Gasteiger partial charge is 0.390 e. The number of rotatable bonds is 2. The third-order valence-corrected chi connectivity index (χ3v) is 3.68. The summed E-state index contributed by atoms with van der Waals surface area (Å²) in [6.07, 6.45) is -4.46. The van der Waals surface area contributed by atoms with Crippen molar-refractivity contribution in [2.24, 2.45) is 0 Å². The highest BCUT2D eigenvalue weighted by molar-refractivity contribution is 9.09. The van der Waals surface area contributed by atoms with Gasteiger partial charge in [-0.3, -0.25) is 4.79 Å². The van der Waals surface area contributed by atoms with Gasteiger partial charge in [0.25, 0.3) is 5.91 Å². The molecule has 98 valence electrons. The highest BCUT2D eigenvalue weighted by atomic mass is 79.9. The average molecular weight is 322 g/mol.